The molecule has 0 unspecified atom stereocenters. The van der Waals surface area contributed by atoms with Crippen molar-refractivity contribution in [3.8, 4) is 16.9 Å². The number of hydrogen-bond donors (Lipinski definition) is 1. The molecule has 0 aliphatic carbocycles. The first kappa shape index (κ1) is 18.3. The lowest BCUT2D eigenvalue weighted by Gasteiger charge is -2.32. The van der Waals surface area contributed by atoms with Gasteiger partial charge in [-0.25, -0.2) is 4.79 Å². The number of rotatable bonds is 2. The number of phenolic OH excluding ortho intramolecular Hbond substituents is 1. The highest BCUT2D eigenvalue weighted by Crippen LogP contribution is 2.28. The van der Waals surface area contributed by atoms with Gasteiger partial charge < -0.3 is 19.3 Å². The Morgan fingerprint density at radius 2 is 1.71 bits per heavy atom. The van der Waals surface area contributed by atoms with E-state index in [1.54, 1.807) is 36.4 Å². The predicted octanol–water partition coefficient (Wildman–Crippen LogP) is 2.86. The number of benzene rings is 2. The molecule has 1 amide bonds. The Balaban J connectivity index is 1.67. The summed E-state index contributed by atoms with van der Waals surface area (Å²) < 4.78 is 5.40. The standard InChI is InChI=1S/C22H22N2O4/c1-14-18-8-7-17(25)13-19(18)28-22(27)20(14)15-3-5-16(6-4-15)21(26)24-11-9-23(2)10-12-24/h3-8,13,25H,9-12H2,1-2H3. The van der Waals surface area contributed by atoms with Gasteiger partial charge in [0.1, 0.15) is 11.3 Å². The van der Waals surface area contributed by atoms with Crippen LogP contribution in [0.4, 0.5) is 0 Å². The van der Waals surface area contributed by atoms with Gasteiger partial charge in [-0.05, 0) is 49.4 Å². The number of aromatic hydroxyl groups is 1. The Kier molecular flexibility index (Phi) is 4.65. The number of carbonyl (C=O) groups excluding carboxylic acids is 1. The number of piperazine rings is 1. The van der Waals surface area contributed by atoms with Crippen LogP contribution in [0.15, 0.2) is 51.7 Å². The number of fused-ring (bicyclic) bond motifs is 1. The lowest BCUT2D eigenvalue weighted by atomic mass is 9.98. The summed E-state index contributed by atoms with van der Waals surface area (Å²) in [7, 11) is 2.05. The lowest BCUT2D eigenvalue weighted by Crippen LogP contribution is -2.47. The van der Waals surface area contributed by atoms with Crippen LogP contribution in [0.3, 0.4) is 0 Å². The van der Waals surface area contributed by atoms with E-state index in [2.05, 4.69) is 11.9 Å². The summed E-state index contributed by atoms with van der Waals surface area (Å²) in [6.45, 7) is 5.04. The molecule has 1 fully saturated rings. The molecule has 6 heteroatoms. The molecule has 0 atom stereocenters. The molecular formula is C22H22N2O4. The van der Waals surface area contributed by atoms with Crippen LogP contribution in [0.25, 0.3) is 22.1 Å². The van der Waals surface area contributed by atoms with Crippen LogP contribution >= 0.6 is 0 Å². The molecule has 1 N–H and O–H groups in total. The third-order valence-electron chi connectivity index (χ3n) is 5.36. The molecule has 28 heavy (non-hydrogen) atoms. The van der Waals surface area contributed by atoms with Gasteiger partial charge in [-0.15, -0.1) is 0 Å². The monoisotopic (exact) mass is 378 g/mol. The molecule has 0 spiro atoms. The van der Waals surface area contributed by atoms with E-state index in [0.29, 0.717) is 22.3 Å². The number of aryl methyl sites for hydroxylation is 1. The highest BCUT2D eigenvalue weighted by atomic mass is 16.4. The van der Waals surface area contributed by atoms with E-state index in [9.17, 15) is 14.7 Å². The van der Waals surface area contributed by atoms with Crippen molar-refractivity contribution in [2.24, 2.45) is 0 Å². The fourth-order valence-corrected chi connectivity index (χ4v) is 3.65. The molecule has 2 heterocycles. The third-order valence-corrected chi connectivity index (χ3v) is 5.36. The van der Waals surface area contributed by atoms with E-state index < -0.39 is 5.63 Å². The summed E-state index contributed by atoms with van der Waals surface area (Å²) >= 11 is 0. The highest BCUT2D eigenvalue weighted by Gasteiger charge is 2.21. The van der Waals surface area contributed by atoms with Crippen molar-refractivity contribution in [1.82, 2.24) is 9.80 Å². The smallest absolute Gasteiger partial charge is 0.344 e. The van der Waals surface area contributed by atoms with Gasteiger partial charge in [-0.2, -0.15) is 0 Å². The second-order valence-corrected chi connectivity index (χ2v) is 7.24. The minimum Gasteiger partial charge on any atom is -0.508 e. The minimum absolute atomic E-state index is 0.0115. The van der Waals surface area contributed by atoms with Crippen molar-refractivity contribution >= 4 is 16.9 Å². The fourth-order valence-electron chi connectivity index (χ4n) is 3.65. The first-order chi connectivity index (χ1) is 13.4. The molecule has 0 radical (unpaired) electrons. The largest absolute Gasteiger partial charge is 0.508 e. The Hall–Kier alpha value is -3.12. The van der Waals surface area contributed by atoms with Crippen molar-refractivity contribution in [1.29, 1.82) is 0 Å². The van der Waals surface area contributed by atoms with Crippen molar-refractivity contribution in [3.63, 3.8) is 0 Å². The van der Waals surface area contributed by atoms with Gasteiger partial charge in [0.15, 0.2) is 0 Å². The second-order valence-electron chi connectivity index (χ2n) is 7.24. The maximum absolute atomic E-state index is 12.7. The van der Waals surface area contributed by atoms with E-state index in [-0.39, 0.29) is 11.7 Å². The molecule has 144 valence electrons. The van der Waals surface area contributed by atoms with Crippen LogP contribution in [-0.4, -0.2) is 54.0 Å². The molecule has 1 aromatic heterocycles. The topological polar surface area (TPSA) is 74.0 Å². The Labute approximate surface area is 162 Å². The first-order valence-electron chi connectivity index (χ1n) is 9.29. The number of hydrogen-bond acceptors (Lipinski definition) is 5. The molecule has 1 aliphatic rings. The zero-order chi connectivity index (χ0) is 19.8. The van der Waals surface area contributed by atoms with Crippen LogP contribution in [0.2, 0.25) is 0 Å². The molecule has 0 saturated carbocycles. The number of carbonyl (C=O) groups is 1. The SMILES string of the molecule is Cc1c(-c2ccc(C(=O)N3CCN(C)CC3)cc2)c(=O)oc2cc(O)ccc12. The van der Waals surface area contributed by atoms with E-state index in [1.807, 2.05) is 11.8 Å². The van der Waals surface area contributed by atoms with Crippen molar-refractivity contribution < 1.29 is 14.3 Å². The maximum atomic E-state index is 12.7. The summed E-state index contributed by atoms with van der Waals surface area (Å²) in [6, 6.07) is 11.8. The summed E-state index contributed by atoms with van der Waals surface area (Å²) in [6.07, 6.45) is 0. The average Bonchev–Trinajstić information content (AvgIpc) is 2.68. The lowest BCUT2D eigenvalue weighted by molar-refractivity contribution is 0.0664. The van der Waals surface area contributed by atoms with Crippen molar-refractivity contribution in [2.45, 2.75) is 6.92 Å². The summed E-state index contributed by atoms with van der Waals surface area (Å²) in [5, 5.41) is 10.4. The first-order valence-corrected chi connectivity index (χ1v) is 9.29. The van der Waals surface area contributed by atoms with Gasteiger partial charge in [-0.1, -0.05) is 12.1 Å². The molecule has 1 saturated heterocycles. The Morgan fingerprint density at radius 1 is 1.04 bits per heavy atom. The number of amides is 1. The Morgan fingerprint density at radius 3 is 2.39 bits per heavy atom. The van der Waals surface area contributed by atoms with Gasteiger partial charge in [0, 0.05) is 43.2 Å². The predicted molar refractivity (Wildman–Crippen MR) is 108 cm³/mol. The normalized spacial score (nSPS) is 15.1. The summed E-state index contributed by atoms with van der Waals surface area (Å²) in [5.41, 5.74) is 2.46. The van der Waals surface area contributed by atoms with Crippen LogP contribution in [0.5, 0.6) is 5.75 Å². The molecule has 0 bridgehead atoms. The number of likely N-dealkylation sites (N-methyl/N-ethyl adjacent to an activating group) is 1. The molecule has 2 aromatic carbocycles. The zero-order valence-electron chi connectivity index (χ0n) is 15.9. The number of phenols is 1. The highest BCUT2D eigenvalue weighted by molar-refractivity contribution is 5.95. The Bertz CT molecular complexity index is 1090. The maximum Gasteiger partial charge on any atom is 0.344 e. The zero-order valence-corrected chi connectivity index (χ0v) is 15.9. The minimum atomic E-state index is -0.464. The van der Waals surface area contributed by atoms with Gasteiger partial charge >= 0.3 is 5.63 Å². The van der Waals surface area contributed by atoms with E-state index >= 15 is 0 Å². The van der Waals surface area contributed by atoms with E-state index in [4.69, 9.17) is 4.42 Å². The number of nitrogens with zero attached hydrogens (tertiary/aromatic N) is 2. The van der Waals surface area contributed by atoms with Crippen LogP contribution in [0.1, 0.15) is 15.9 Å². The molecule has 1 aliphatic heterocycles. The molecular weight excluding hydrogens is 356 g/mol. The van der Waals surface area contributed by atoms with E-state index in [0.717, 1.165) is 37.1 Å². The van der Waals surface area contributed by atoms with Gasteiger partial charge in [0.2, 0.25) is 0 Å². The second kappa shape index (κ2) is 7.13. The van der Waals surface area contributed by atoms with Crippen molar-refractivity contribution in [2.75, 3.05) is 33.2 Å². The van der Waals surface area contributed by atoms with Gasteiger partial charge in [-0.3, -0.25) is 4.79 Å². The average molecular weight is 378 g/mol. The quantitative estimate of drug-likeness (QED) is 0.694. The molecule has 4 rings (SSSR count). The van der Waals surface area contributed by atoms with E-state index in [1.165, 1.54) is 6.07 Å². The van der Waals surface area contributed by atoms with Gasteiger partial charge in [0.05, 0.1) is 5.56 Å². The van der Waals surface area contributed by atoms with Crippen LogP contribution in [0, 0.1) is 6.92 Å². The molecule has 3 aromatic rings. The van der Waals surface area contributed by atoms with Crippen molar-refractivity contribution in [3.05, 3.63) is 64.0 Å². The summed E-state index contributed by atoms with van der Waals surface area (Å²) in [4.78, 5) is 29.3. The third kappa shape index (κ3) is 3.27. The van der Waals surface area contributed by atoms with Gasteiger partial charge in [0.25, 0.3) is 5.91 Å². The molecule has 6 nitrogen and oxygen atoms in total. The van der Waals surface area contributed by atoms with Crippen LogP contribution < -0.4 is 5.63 Å². The fraction of sp³-hybridized carbons (Fsp3) is 0.273. The summed E-state index contributed by atoms with van der Waals surface area (Å²) in [5.74, 6) is 0.0620. The van der Waals surface area contributed by atoms with Crippen LogP contribution in [-0.2, 0) is 0 Å².